The number of rotatable bonds is 6. The van der Waals surface area contributed by atoms with Crippen molar-refractivity contribution in [1.82, 2.24) is 10.2 Å². The minimum atomic E-state index is -0.432. The summed E-state index contributed by atoms with van der Waals surface area (Å²) in [5.41, 5.74) is -0.00889. The lowest BCUT2D eigenvalue weighted by Gasteiger charge is -2.23. The molecule has 1 atom stereocenters. The monoisotopic (exact) mass is 360 g/mol. The van der Waals surface area contributed by atoms with Crippen LogP contribution in [0.2, 0.25) is 10.0 Å². The number of aromatic hydroxyl groups is 1. The number of phenolic OH excluding ortho intramolecular Hbond substituents is 1. The topological polar surface area (TPSA) is 61.8 Å². The van der Waals surface area contributed by atoms with Crippen LogP contribution in [0.1, 0.15) is 37.0 Å². The molecule has 1 amide bonds. The fraction of sp³-hybridized carbons (Fsp3) is 0.562. The Balaban J connectivity index is 2.18. The Hall–Kier alpha value is -1.17. The quantitative estimate of drug-likeness (QED) is 0.816. The standard InChI is InChI=1S/C16H22Cl2N2O3/c1-3-20-7-5-6-10(20)9-19-16(22)13-14(21)11(17)8-12(18)15(13)23-4-2/h8,10,21H,3-7,9H2,1-2H3,(H,19,22). The van der Waals surface area contributed by atoms with Gasteiger partial charge in [0.05, 0.1) is 16.7 Å². The van der Waals surface area contributed by atoms with Gasteiger partial charge in [-0.15, -0.1) is 0 Å². The summed E-state index contributed by atoms with van der Waals surface area (Å²) in [7, 11) is 0. The molecule has 5 nitrogen and oxygen atoms in total. The van der Waals surface area contributed by atoms with Gasteiger partial charge in [-0.05, 0) is 38.9 Å². The van der Waals surface area contributed by atoms with Crippen molar-refractivity contribution in [1.29, 1.82) is 0 Å². The zero-order chi connectivity index (χ0) is 17.0. The van der Waals surface area contributed by atoms with Crippen LogP contribution in [0.25, 0.3) is 0 Å². The van der Waals surface area contributed by atoms with Crippen LogP contribution in [0, 0.1) is 0 Å². The Labute approximate surface area is 146 Å². The lowest BCUT2D eigenvalue weighted by molar-refractivity contribution is 0.0934. The molecule has 1 aliphatic rings. The Morgan fingerprint density at radius 1 is 1.43 bits per heavy atom. The maximum atomic E-state index is 12.5. The molecular weight excluding hydrogens is 339 g/mol. The largest absolute Gasteiger partial charge is 0.505 e. The molecule has 1 aliphatic heterocycles. The third kappa shape index (κ3) is 4.03. The number of hydrogen-bond acceptors (Lipinski definition) is 4. The number of likely N-dealkylation sites (N-methyl/N-ethyl adjacent to an activating group) is 1. The minimum Gasteiger partial charge on any atom is -0.505 e. The summed E-state index contributed by atoms with van der Waals surface area (Å²) < 4.78 is 5.42. The van der Waals surface area contributed by atoms with Crippen molar-refractivity contribution >= 4 is 29.1 Å². The van der Waals surface area contributed by atoms with Crippen LogP contribution in [-0.4, -0.2) is 48.2 Å². The molecule has 0 bridgehead atoms. The Morgan fingerprint density at radius 3 is 2.83 bits per heavy atom. The van der Waals surface area contributed by atoms with E-state index in [1.165, 1.54) is 6.07 Å². The fourth-order valence-electron chi connectivity index (χ4n) is 2.93. The van der Waals surface area contributed by atoms with Crippen LogP contribution in [0.5, 0.6) is 11.5 Å². The van der Waals surface area contributed by atoms with Gasteiger partial charge in [0.15, 0.2) is 11.5 Å². The van der Waals surface area contributed by atoms with Crippen LogP contribution in [0.15, 0.2) is 6.07 Å². The zero-order valence-electron chi connectivity index (χ0n) is 13.4. The normalized spacial score (nSPS) is 18.2. The molecule has 0 aromatic heterocycles. The molecule has 128 valence electrons. The summed E-state index contributed by atoms with van der Waals surface area (Å²) in [6.07, 6.45) is 2.18. The number of likely N-dealkylation sites (tertiary alicyclic amines) is 1. The van der Waals surface area contributed by atoms with Gasteiger partial charge < -0.3 is 15.2 Å². The van der Waals surface area contributed by atoms with Crippen molar-refractivity contribution in [2.24, 2.45) is 0 Å². The SMILES string of the molecule is CCOc1c(Cl)cc(Cl)c(O)c1C(=O)NCC1CCCN1CC. The number of hydrogen-bond donors (Lipinski definition) is 2. The molecule has 1 heterocycles. The van der Waals surface area contributed by atoms with E-state index in [1.807, 2.05) is 0 Å². The van der Waals surface area contributed by atoms with E-state index in [0.717, 1.165) is 25.9 Å². The number of carbonyl (C=O) groups is 1. The van der Waals surface area contributed by atoms with Crippen molar-refractivity contribution in [3.8, 4) is 11.5 Å². The van der Waals surface area contributed by atoms with Gasteiger partial charge in [0, 0.05) is 12.6 Å². The van der Waals surface area contributed by atoms with Crippen molar-refractivity contribution in [2.75, 3.05) is 26.2 Å². The first kappa shape index (κ1) is 18.2. The highest BCUT2D eigenvalue weighted by atomic mass is 35.5. The molecule has 23 heavy (non-hydrogen) atoms. The second kappa shape index (κ2) is 8.08. The summed E-state index contributed by atoms with van der Waals surface area (Å²) in [5.74, 6) is -0.582. The molecular formula is C16H22Cl2N2O3. The van der Waals surface area contributed by atoms with Gasteiger partial charge in [-0.1, -0.05) is 30.1 Å². The number of halogens is 2. The third-order valence-electron chi connectivity index (χ3n) is 4.08. The summed E-state index contributed by atoms with van der Waals surface area (Å²) in [6, 6.07) is 1.69. The van der Waals surface area contributed by atoms with E-state index in [9.17, 15) is 9.90 Å². The third-order valence-corrected chi connectivity index (χ3v) is 4.65. The van der Waals surface area contributed by atoms with Gasteiger partial charge in [-0.3, -0.25) is 9.69 Å². The van der Waals surface area contributed by atoms with E-state index in [-0.39, 0.29) is 27.1 Å². The lowest BCUT2D eigenvalue weighted by atomic mass is 10.1. The number of phenols is 1. The summed E-state index contributed by atoms with van der Waals surface area (Å²) >= 11 is 12.0. The fourth-order valence-corrected chi connectivity index (χ4v) is 3.45. The number of ether oxygens (including phenoxy) is 1. The summed E-state index contributed by atoms with van der Waals surface area (Å²) in [5, 5.41) is 13.2. The van der Waals surface area contributed by atoms with Crippen LogP contribution >= 0.6 is 23.2 Å². The van der Waals surface area contributed by atoms with Crippen molar-refractivity contribution in [2.45, 2.75) is 32.7 Å². The molecule has 2 N–H and O–H groups in total. The highest BCUT2D eigenvalue weighted by Crippen LogP contribution is 2.40. The van der Waals surface area contributed by atoms with E-state index in [0.29, 0.717) is 19.2 Å². The molecule has 0 aliphatic carbocycles. The van der Waals surface area contributed by atoms with Gasteiger partial charge in [0.1, 0.15) is 5.56 Å². The summed E-state index contributed by atoms with van der Waals surface area (Å²) in [4.78, 5) is 14.9. The molecule has 0 saturated carbocycles. The first-order valence-corrected chi connectivity index (χ1v) is 8.61. The second-order valence-corrected chi connectivity index (χ2v) is 6.28. The van der Waals surface area contributed by atoms with Gasteiger partial charge >= 0.3 is 0 Å². The zero-order valence-corrected chi connectivity index (χ0v) is 14.9. The number of carbonyl (C=O) groups excluding carboxylic acids is 1. The van der Waals surface area contributed by atoms with Crippen molar-refractivity contribution in [3.63, 3.8) is 0 Å². The highest BCUT2D eigenvalue weighted by Gasteiger charge is 2.27. The van der Waals surface area contributed by atoms with Gasteiger partial charge in [0.2, 0.25) is 0 Å². The Kier molecular flexibility index (Phi) is 6.39. The van der Waals surface area contributed by atoms with Crippen molar-refractivity contribution < 1.29 is 14.6 Å². The molecule has 2 rings (SSSR count). The lowest BCUT2D eigenvalue weighted by Crippen LogP contribution is -2.40. The first-order chi connectivity index (χ1) is 11.0. The van der Waals surface area contributed by atoms with Crippen LogP contribution in [0.3, 0.4) is 0 Å². The van der Waals surface area contributed by atoms with Crippen molar-refractivity contribution in [3.05, 3.63) is 21.7 Å². The van der Waals surface area contributed by atoms with E-state index >= 15 is 0 Å². The Morgan fingerprint density at radius 2 is 2.17 bits per heavy atom. The average molecular weight is 361 g/mol. The number of nitrogens with zero attached hydrogens (tertiary/aromatic N) is 1. The van der Waals surface area contributed by atoms with E-state index < -0.39 is 5.91 Å². The predicted octanol–water partition coefficient (Wildman–Crippen LogP) is 3.31. The summed E-state index contributed by atoms with van der Waals surface area (Å²) in [6.45, 7) is 6.74. The Bertz CT molecular complexity index is 581. The highest BCUT2D eigenvalue weighted by molar-refractivity contribution is 6.37. The minimum absolute atomic E-state index is 0.00889. The van der Waals surface area contributed by atoms with Crippen LogP contribution in [0.4, 0.5) is 0 Å². The molecule has 0 radical (unpaired) electrons. The van der Waals surface area contributed by atoms with Crippen LogP contribution < -0.4 is 10.1 Å². The van der Waals surface area contributed by atoms with Gasteiger partial charge in [-0.2, -0.15) is 0 Å². The molecule has 1 aromatic carbocycles. The molecule has 7 heteroatoms. The van der Waals surface area contributed by atoms with E-state index in [1.54, 1.807) is 6.92 Å². The molecule has 1 aromatic rings. The molecule has 1 saturated heterocycles. The number of amides is 1. The van der Waals surface area contributed by atoms with Gasteiger partial charge in [0.25, 0.3) is 5.91 Å². The predicted molar refractivity (Wildman–Crippen MR) is 91.9 cm³/mol. The van der Waals surface area contributed by atoms with E-state index in [4.69, 9.17) is 27.9 Å². The maximum absolute atomic E-state index is 12.5. The van der Waals surface area contributed by atoms with Gasteiger partial charge in [-0.25, -0.2) is 0 Å². The van der Waals surface area contributed by atoms with E-state index in [2.05, 4.69) is 17.1 Å². The molecule has 1 fully saturated rings. The molecule has 0 spiro atoms. The van der Waals surface area contributed by atoms with Crippen LogP contribution in [-0.2, 0) is 0 Å². The number of benzene rings is 1. The first-order valence-electron chi connectivity index (χ1n) is 7.85. The molecule has 1 unspecified atom stereocenters. The smallest absolute Gasteiger partial charge is 0.259 e. The average Bonchev–Trinajstić information content (AvgIpc) is 2.98. The second-order valence-electron chi connectivity index (χ2n) is 5.46. The number of nitrogens with one attached hydrogen (secondary N) is 1. The maximum Gasteiger partial charge on any atom is 0.259 e.